The van der Waals surface area contributed by atoms with Gasteiger partial charge in [-0.05, 0) is 59.4 Å². The van der Waals surface area contributed by atoms with Gasteiger partial charge >= 0.3 is 6.09 Å². The molecule has 0 aliphatic heterocycles. The minimum Gasteiger partial charge on any atom is -0.449 e. The Morgan fingerprint density at radius 1 is 0.875 bits per heavy atom. The summed E-state index contributed by atoms with van der Waals surface area (Å²) in [5.41, 5.74) is 6.47. The third-order valence-corrected chi connectivity index (χ3v) is 6.43. The van der Waals surface area contributed by atoms with E-state index in [9.17, 15) is 19.2 Å². The van der Waals surface area contributed by atoms with Crippen molar-refractivity contribution in [3.63, 3.8) is 0 Å². The maximum Gasteiger partial charge on any atom is 0.404 e. The van der Waals surface area contributed by atoms with Crippen LogP contribution >= 0.6 is 0 Å². The zero-order valence-corrected chi connectivity index (χ0v) is 23.0. The molecule has 0 saturated heterocycles. The smallest absolute Gasteiger partial charge is 0.404 e. The van der Waals surface area contributed by atoms with Gasteiger partial charge in [-0.15, -0.1) is 0 Å². The predicted octanol–water partition coefficient (Wildman–Crippen LogP) is 3.52. The molecular weight excluding hydrogens is 516 g/mol. The second-order valence-corrected chi connectivity index (χ2v) is 9.37. The molecule has 3 rings (SSSR count). The summed E-state index contributed by atoms with van der Waals surface area (Å²) < 4.78 is 22.6. The van der Waals surface area contributed by atoms with Crippen molar-refractivity contribution in [3.8, 4) is 11.1 Å². The minimum absolute atomic E-state index is 0.0272. The number of nitrogens with two attached hydrogens (primary N) is 1. The molecule has 1 aliphatic rings. The van der Waals surface area contributed by atoms with Crippen LogP contribution in [0.5, 0.6) is 0 Å². The van der Waals surface area contributed by atoms with Crippen molar-refractivity contribution in [2.24, 2.45) is 5.73 Å². The number of methoxy groups -OCH3 is 1. The lowest BCUT2D eigenvalue weighted by atomic mass is 9.97. The lowest BCUT2D eigenvalue weighted by Crippen LogP contribution is -2.27. The van der Waals surface area contributed by atoms with Crippen LogP contribution in [0.15, 0.2) is 36.4 Å². The highest BCUT2D eigenvalue weighted by Gasteiger charge is 2.30. The molecule has 11 nitrogen and oxygen atoms in total. The number of fused-ring (bicyclic) bond motifs is 3. The SMILES string of the molecule is [2H]NC(=O)OCC1c2cc(NC(=O)CC)ccc2-c2ccc(NC(=O)CCCC(=O)NCCOCCCOC)cc21. The largest absolute Gasteiger partial charge is 0.449 e. The first-order chi connectivity index (χ1) is 19.9. The van der Waals surface area contributed by atoms with Crippen LogP contribution in [0.4, 0.5) is 16.2 Å². The van der Waals surface area contributed by atoms with Gasteiger partial charge in [0.2, 0.25) is 17.7 Å². The molecule has 1 atom stereocenters. The van der Waals surface area contributed by atoms with Crippen LogP contribution in [0.1, 0.15) is 56.1 Å². The molecule has 11 heteroatoms. The zero-order chi connectivity index (χ0) is 29.6. The maximum absolute atomic E-state index is 12.6. The number of anilines is 2. The van der Waals surface area contributed by atoms with Gasteiger partial charge in [0.1, 0.15) is 6.61 Å². The molecule has 4 amide bonds. The third-order valence-electron chi connectivity index (χ3n) is 6.43. The van der Waals surface area contributed by atoms with Crippen LogP contribution in [0.3, 0.4) is 0 Å². The summed E-state index contributed by atoms with van der Waals surface area (Å²) >= 11 is 0. The van der Waals surface area contributed by atoms with E-state index in [1.54, 1.807) is 25.8 Å². The Morgan fingerprint density at radius 2 is 1.52 bits per heavy atom. The molecule has 0 heterocycles. The maximum atomic E-state index is 12.6. The Balaban J connectivity index is 1.57. The molecule has 1 aliphatic carbocycles. The third kappa shape index (κ3) is 9.06. The van der Waals surface area contributed by atoms with Crippen LogP contribution in [0.2, 0.25) is 1.41 Å². The van der Waals surface area contributed by atoms with Gasteiger partial charge in [0.25, 0.3) is 0 Å². The fraction of sp³-hybridized carbons (Fsp3) is 0.448. The number of carbonyl (C=O) groups excluding carboxylic acids is 4. The quantitative estimate of drug-likeness (QED) is 0.231. The Hall–Kier alpha value is -3.96. The number of carbonyl (C=O) groups is 4. The molecule has 1 unspecified atom stereocenters. The van der Waals surface area contributed by atoms with Gasteiger partial charge in [-0.1, -0.05) is 19.1 Å². The van der Waals surface area contributed by atoms with Crippen molar-refractivity contribution >= 4 is 35.2 Å². The van der Waals surface area contributed by atoms with Gasteiger partial charge < -0.3 is 35.9 Å². The number of rotatable bonds is 16. The van der Waals surface area contributed by atoms with E-state index < -0.39 is 6.09 Å². The van der Waals surface area contributed by atoms with Crippen molar-refractivity contribution in [3.05, 3.63) is 47.5 Å². The van der Waals surface area contributed by atoms with Crippen LogP contribution in [0.25, 0.3) is 11.1 Å². The molecular formula is C29H38N4O7. The summed E-state index contributed by atoms with van der Waals surface area (Å²) in [5.74, 6) is -0.837. The summed E-state index contributed by atoms with van der Waals surface area (Å²) in [7, 11) is 1.63. The number of nitrogens with one attached hydrogen (secondary N) is 3. The second-order valence-electron chi connectivity index (χ2n) is 9.37. The van der Waals surface area contributed by atoms with Crippen molar-refractivity contribution in [2.75, 3.05) is 50.7 Å². The van der Waals surface area contributed by atoms with Crippen molar-refractivity contribution in [2.45, 2.75) is 44.9 Å². The molecule has 0 saturated carbocycles. The summed E-state index contributed by atoms with van der Waals surface area (Å²) in [5, 5.41) is 8.51. The van der Waals surface area contributed by atoms with Gasteiger partial charge in [0, 0.05) is 63.4 Å². The van der Waals surface area contributed by atoms with Crippen LogP contribution in [-0.2, 0) is 28.6 Å². The van der Waals surface area contributed by atoms with Crippen LogP contribution in [-0.4, -0.2) is 63.9 Å². The minimum atomic E-state index is -0.876. The normalized spacial score (nSPS) is 13.4. The Bertz CT molecular complexity index is 1220. The predicted molar refractivity (Wildman–Crippen MR) is 151 cm³/mol. The Morgan fingerprint density at radius 3 is 2.15 bits per heavy atom. The van der Waals surface area contributed by atoms with Gasteiger partial charge in [-0.2, -0.15) is 0 Å². The monoisotopic (exact) mass is 555 g/mol. The molecule has 0 bridgehead atoms. The zero-order valence-electron chi connectivity index (χ0n) is 24.0. The van der Waals surface area contributed by atoms with Gasteiger partial charge in [-0.3, -0.25) is 14.4 Å². The topological polar surface area (TPSA) is 158 Å². The number of benzene rings is 2. The van der Waals surface area contributed by atoms with Crippen molar-refractivity contribution in [1.82, 2.24) is 5.32 Å². The molecule has 0 fully saturated rings. The van der Waals surface area contributed by atoms with E-state index in [1.165, 1.54) is 0 Å². The van der Waals surface area contributed by atoms with Crippen LogP contribution in [0, 0.1) is 0 Å². The summed E-state index contributed by atoms with van der Waals surface area (Å²) in [6.07, 6.45) is 1.06. The Kier molecular flexibility index (Phi) is 11.3. The van der Waals surface area contributed by atoms with Crippen LogP contribution < -0.4 is 21.7 Å². The summed E-state index contributed by atoms with van der Waals surface area (Å²) in [6.45, 7) is 3.78. The number of hydrogen-bond acceptors (Lipinski definition) is 7. The van der Waals surface area contributed by atoms with Crippen molar-refractivity contribution in [1.29, 1.82) is 0 Å². The highest BCUT2D eigenvalue weighted by atomic mass is 16.5. The number of hydrogen-bond donors (Lipinski definition) is 4. The molecule has 216 valence electrons. The first-order valence-corrected chi connectivity index (χ1v) is 13.4. The number of amides is 4. The first-order valence-electron chi connectivity index (χ1n) is 13.9. The molecule has 5 N–H and O–H groups in total. The number of ether oxygens (including phenoxy) is 3. The fourth-order valence-corrected chi connectivity index (χ4v) is 4.49. The first kappa shape index (κ1) is 29.0. The number of primary amides is 1. The highest BCUT2D eigenvalue weighted by Crippen LogP contribution is 2.46. The fourth-order valence-electron chi connectivity index (χ4n) is 4.49. The lowest BCUT2D eigenvalue weighted by molar-refractivity contribution is -0.121. The van der Waals surface area contributed by atoms with E-state index in [4.69, 9.17) is 15.6 Å². The van der Waals surface area contributed by atoms with Gasteiger partial charge in [-0.25, -0.2) is 4.79 Å². The molecule has 2 aromatic rings. The molecule has 0 spiro atoms. The molecule has 0 radical (unpaired) electrons. The lowest BCUT2D eigenvalue weighted by Gasteiger charge is -2.15. The van der Waals surface area contributed by atoms with Crippen molar-refractivity contribution < 1.29 is 34.8 Å². The van der Waals surface area contributed by atoms with E-state index in [0.29, 0.717) is 50.6 Å². The second kappa shape index (κ2) is 15.6. The van der Waals surface area contributed by atoms with E-state index in [-0.39, 0.29) is 43.1 Å². The highest BCUT2D eigenvalue weighted by molar-refractivity contribution is 5.94. The molecule has 0 aromatic heterocycles. The average molecular weight is 556 g/mol. The summed E-state index contributed by atoms with van der Waals surface area (Å²) in [4.78, 5) is 48.2. The average Bonchev–Trinajstić information content (AvgIpc) is 3.27. The molecule has 40 heavy (non-hydrogen) atoms. The van der Waals surface area contributed by atoms with E-state index >= 15 is 0 Å². The van der Waals surface area contributed by atoms with Gasteiger partial charge in [0.05, 0.1) is 6.61 Å². The van der Waals surface area contributed by atoms with E-state index in [1.807, 2.05) is 30.3 Å². The van der Waals surface area contributed by atoms with E-state index in [0.717, 1.165) is 28.7 Å². The van der Waals surface area contributed by atoms with E-state index in [2.05, 4.69) is 16.0 Å². The summed E-state index contributed by atoms with van der Waals surface area (Å²) in [6, 6.07) is 11.1. The standard InChI is InChI=1S/C29H38N4O7/c1-3-26(34)32-19-8-10-21-22-11-9-20(17-24(22)25(23(21)16-19)18-40-29(30)37)33-28(36)7-4-6-27(35)31-12-15-39-14-5-13-38-2/h8-11,16-17,25H,3-7,12-15,18H2,1-2H3,(H2,30,37)(H,31,35)(H,32,34)(H,33,36)/i/hD. The Labute approximate surface area is 235 Å². The molecule has 2 aromatic carbocycles. The van der Waals surface area contributed by atoms with Gasteiger partial charge in [0.15, 0.2) is 1.41 Å².